The molecule has 0 amide bonds. The highest BCUT2D eigenvalue weighted by atomic mass is 16.3. The van der Waals surface area contributed by atoms with Crippen molar-refractivity contribution in [2.45, 2.75) is 27.7 Å². The van der Waals surface area contributed by atoms with E-state index < -0.39 is 0 Å². The number of anilines is 1. The Hall–Kier alpha value is -1.77. The zero-order valence-electron chi connectivity index (χ0n) is 12.8. The molecule has 3 heteroatoms. The lowest BCUT2D eigenvalue weighted by Crippen LogP contribution is -2.31. The van der Waals surface area contributed by atoms with Crippen LogP contribution in [0.25, 0.3) is 10.9 Å². The molecule has 1 heterocycles. The predicted octanol–water partition coefficient (Wildman–Crippen LogP) is 4.06. The number of phenols is 1. The maximum Gasteiger partial charge on any atom is 0.141 e. The fourth-order valence-corrected chi connectivity index (χ4v) is 2.44. The van der Waals surface area contributed by atoms with Crippen LogP contribution >= 0.6 is 0 Å². The number of hydrogen-bond donors (Lipinski definition) is 1. The van der Waals surface area contributed by atoms with Gasteiger partial charge >= 0.3 is 0 Å². The fourth-order valence-electron chi connectivity index (χ4n) is 2.44. The van der Waals surface area contributed by atoms with E-state index in [0.717, 1.165) is 24.3 Å². The highest BCUT2D eigenvalue weighted by Crippen LogP contribution is 2.26. The van der Waals surface area contributed by atoms with Gasteiger partial charge in [0.2, 0.25) is 0 Å². The van der Waals surface area contributed by atoms with E-state index in [9.17, 15) is 5.11 Å². The van der Waals surface area contributed by atoms with Crippen LogP contribution in [0, 0.1) is 11.8 Å². The Balaban J connectivity index is 2.39. The summed E-state index contributed by atoms with van der Waals surface area (Å²) in [6.45, 7) is 10.8. The van der Waals surface area contributed by atoms with Gasteiger partial charge in [0.25, 0.3) is 0 Å². The van der Waals surface area contributed by atoms with Crippen molar-refractivity contribution in [2.24, 2.45) is 11.8 Å². The second kappa shape index (κ2) is 6.12. The maximum atomic E-state index is 9.96. The Morgan fingerprint density at radius 3 is 2.25 bits per heavy atom. The van der Waals surface area contributed by atoms with Gasteiger partial charge in [-0.25, -0.2) is 4.98 Å². The number of rotatable bonds is 5. The number of hydrogen-bond acceptors (Lipinski definition) is 3. The van der Waals surface area contributed by atoms with Crippen LogP contribution in [0.1, 0.15) is 27.7 Å². The summed E-state index contributed by atoms with van der Waals surface area (Å²) in [5.41, 5.74) is 0.683. The van der Waals surface area contributed by atoms with Crippen molar-refractivity contribution in [3.05, 3.63) is 30.3 Å². The average molecular weight is 272 g/mol. The molecule has 0 spiro atoms. The Morgan fingerprint density at radius 1 is 1.00 bits per heavy atom. The number of pyridine rings is 1. The molecule has 1 aromatic heterocycles. The molecule has 0 saturated carbocycles. The summed E-state index contributed by atoms with van der Waals surface area (Å²) in [5.74, 6) is 2.35. The van der Waals surface area contributed by atoms with Gasteiger partial charge in [-0.2, -0.15) is 0 Å². The van der Waals surface area contributed by atoms with Gasteiger partial charge in [0.1, 0.15) is 17.1 Å². The van der Waals surface area contributed by atoms with Crippen molar-refractivity contribution < 1.29 is 5.11 Å². The van der Waals surface area contributed by atoms with E-state index in [1.165, 1.54) is 0 Å². The van der Waals surface area contributed by atoms with Gasteiger partial charge in [-0.05, 0) is 30.0 Å². The largest absolute Gasteiger partial charge is 0.506 e. The predicted molar refractivity (Wildman–Crippen MR) is 85.3 cm³/mol. The minimum absolute atomic E-state index is 0.249. The molecule has 1 N–H and O–H groups in total. The molecule has 0 saturated heterocycles. The second-order valence-corrected chi connectivity index (χ2v) is 6.21. The van der Waals surface area contributed by atoms with Gasteiger partial charge in [0, 0.05) is 18.5 Å². The number of phenolic OH excluding ortho intramolecular Hbond substituents is 1. The van der Waals surface area contributed by atoms with E-state index in [1.807, 2.05) is 24.3 Å². The van der Waals surface area contributed by atoms with Gasteiger partial charge in [-0.15, -0.1) is 0 Å². The topological polar surface area (TPSA) is 36.4 Å². The smallest absolute Gasteiger partial charge is 0.141 e. The molecule has 1 aromatic carbocycles. The third-order valence-electron chi connectivity index (χ3n) is 3.18. The molecular weight excluding hydrogens is 248 g/mol. The first-order valence-electron chi connectivity index (χ1n) is 7.31. The van der Waals surface area contributed by atoms with Crippen molar-refractivity contribution in [3.8, 4) is 5.75 Å². The van der Waals surface area contributed by atoms with Crippen molar-refractivity contribution in [1.82, 2.24) is 4.98 Å². The lowest BCUT2D eigenvalue weighted by atomic mass is 10.1. The molecule has 3 nitrogen and oxygen atoms in total. The van der Waals surface area contributed by atoms with Crippen molar-refractivity contribution in [2.75, 3.05) is 18.0 Å². The van der Waals surface area contributed by atoms with E-state index in [2.05, 4.69) is 37.6 Å². The van der Waals surface area contributed by atoms with E-state index in [1.54, 1.807) is 6.07 Å². The summed E-state index contributed by atoms with van der Waals surface area (Å²) in [4.78, 5) is 6.96. The van der Waals surface area contributed by atoms with Gasteiger partial charge in [0.15, 0.2) is 0 Å². The number of para-hydroxylation sites is 1. The molecule has 0 unspecified atom stereocenters. The monoisotopic (exact) mass is 272 g/mol. The van der Waals surface area contributed by atoms with Gasteiger partial charge in [-0.1, -0.05) is 39.8 Å². The van der Waals surface area contributed by atoms with Crippen LogP contribution in [-0.2, 0) is 0 Å². The van der Waals surface area contributed by atoms with Crippen LogP contribution < -0.4 is 4.90 Å². The maximum absolute atomic E-state index is 9.96. The normalized spacial score (nSPS) is 11.5. The average Bonchev–Trinajstić information content (AvgIpc) is 2.37. The SMILES string of the molecule is CC(C)CN(CC(C)C)c1ccc2cccc(O)c2n1. The Bertz CT molecular complexity index is 568. The molecule has 20 heavy (non-hydrogen) atoms. The Kier molecular flexibility index (Phi) is 4.48. The van der Waals surface area contributed by atoms with Crippen LogP contribution in [-0.4, -0.2) is 23.2 Å². The molecule has 2 aromatic rings. The molecule has 0 bridgehead atoms. The van der Waals surface area contributed by atoms with E-state index >= 15 is 0 Å². The minimum atomic E-state index is 0.249. The standard InChI is InChI=1S/C17H24N2O/c1-12(2)10-19(11-13(3)4)16-9-8-14-6-5-7-15(20)17(14)18-16/h5-9,12-13,20H,10-11H2,1-4H3. The zero-order valence-corrected chi connectivity index (χ0v) is 12.8. The highest BCUT2D eigenvalue weighted by Gasteiger charge is 2.13. The summed E-state index contributed by atoms with van der Waals surface area (Å²) in [6.07, 6.45) is 0. The van der Waals surface area contributed by atoms with Crippen LogP contribution in [0.15, 0.2) is 30.3 Å². The van der Waals surface area contributed by atoms with Gasteiger partial charge < -0.3 is 10.0 Å². The van der Waals surface area contributed by atoms with Crippen molar-refractivity contribution >= 4 is 16.7 Å². The van der Waals surface area contributed by atoms with Crippen LogP contribution in [0.5, 0.6) is 5.75 Å². The summed E-state index contributed by atoms with van der Waals surface area (Å²) in [6, 6.07) is 9.59. The van der Waals surface area contributed by atoms with E-state index in [0.29, 0.717) is 17.4 Å². The molecular formula is C17H24N2O. The molecule has 0 aliphatic rings. The number of aromatic nitrogens is 1. The quantitative estimate of drug-likeness (QED) is 0.891. The first-order valence-corrected chi connectivity index (χ1v) is 7.31. The third kappa shape index (κ3) is 3.41. The zero-order chi connectivity index (χ0) is 14.7. The molecule has 0 fully saturated rings. The first kappa shape index (κ1) is 14.6. The fraction of sp³-hybridized carbons (Fsp3) is 0.471. The lowest BCUT2D eigenvalue weighted by molar-refractivity contribution is 0.480. The third-order valence-corrected chi connectivity index (χ3v) is 3.18. The molecule has 0 atom stereocenters. The first-order chi connectivity index (χ1) is 9.47. The minimum Gasteiger partial charge on any atom is -0.506 e. The van der Waals surface area contributed by atoms with Crippen LogP contribution in [0.2, 0.25) is 0 Å². The number of aromatic hydroxyl groups is 1. The highest BCUT2D eigenvalue weighted by molar-refractivity contribution is 5.85. The number of nitrogens with zero attached hydrogens (tertiary/aromatic N) is 2. The molecule has 0 aliphatic heterocycles. The van der Waals surface area contributed by atoms with E-state index in [4.69, 9.17) is 0 Å². The van der Waals surface area contributed by atoms with Gasteiger partial charge in [-0.3, -0.25) is 0 Å². The molecule has 2 rings (SSSR count). The lowest BCUT2D eigenvalue weighted by Gasteiger charge is -2.27. The van der Waals surface area contributed by atoms with Crippen LogP contribution in [0.3, 0.4) is 0 Å². The number of fused-ring (bicyclic) bond motifs is 1. The van der Waals surface area contributed by atoms with E-state index in [-0.39, 0.29) is 5.75 Å². The van der Waals surface area contributed by atoms with Crippen molar-refractivity contribution in [3.63, 3.8) is 0 Å². The number of benzene rings is 1. The summed E-state index contributed by atoms with van der Waals surface area (Å²) < 4.78 is 0. The molecule has 0 aliphatic carbocycles. The molecule has 108 valence electrons. The van der Waals surface area contributed by atoms with Crippen molar-refractivity contribution in [1.29, 1.82) is 0 Å². The Labute approximate surface area is 121 Å². The molecule has 0 radical (unpaired) electrons. The summed E-state index contributed by atoms with van der Waals surface area (Å²) in [7, 11) is 0. The van der Waals surface area contributed by atoms with Crippen LogP contribution in [0.4, 0.5) is 5.82 Å². The van der Waals surface area contributed by atoms with Gasteiger partial charge in [0.05, 0.1) is 0 Å². The second-order valence-electron chi connectivity index (χ2n) is 6.21. The summed E-state index contributed by atoms with van der Waals surface area (Å²) in [5, 5.41) is 10.9. The summed E-state index contributed by atoms with van der Waals surface area (Å²) >= 11 is 0. The Morgan fingerprint density at radius 2 is 1.65 bits per heavy atom.